The van der Waals surface area contributed by atoms with E-state index in [1.165, 1.54) is 5.57 Å². The Hall–Kier alpha value is -2.19. The van der Waals surface area contributed by atoms with E-state index in [1.54, 1.807) is 11.8 Å². The van der Waals surface area contributed by atoms with E-state index in [9.17, 15) is 10.1 Å². The van der Waals surface area contributed by atoms with Gasteiger partial charge in [0.2, 0.25) is 0 Å². The van der Waals surface area contributed by atoms with Gasteiger partial charge < -0.3 is 20.0 Å². The monoisotopic (exact) mass is 392 g/mol. The molecule has 7 nitrogen and oxygen atoms in total. The summed E-state index contributed by atoms with van der Waals surface area (Å²) in [5.74, 6) is 3.97. The second-order valence-electron chi connectivity index (χ2n) is 6.54. The van der Waals surface area contributed by atoms with Crippen molar-refractivity contribution in [1.82, 2.24) is 15.5 Å². The largest absolute Gasteiger partial charge is 0.464 e. The number of nitro groups is 1. The minimum atomic E-state index is -0.438. The van der Waals surface area contributed by atoms with Crippen molar-refractivity contribution in [3.8, 4) is 0 Å². The molecule has 1 aromatic rings. The lowest BCUT2D eigenvalue weighted by molar-refractivity contribution is -0.404. The lowest BCUT2D eigenvalue weighted by atomic mass is 10.1. The van der Waals surface area contributed by atoms with Gasteiger partial charge in [-0.2, -0.15) is 11.8 Å². The number of furan rings is 1. The Balaban J connectivity index is 1.68. The Morgan fingerprint density at radius 2 is 2.15 bits per heavy atom. The highest BCUT2D eigenvalue weighted by Gasteiger charge is 2.06. The molecular formula is C19H28N4O3S. The summed E-state index contributed by atoms with van der Waals surface area (Å²) < 4.78 is 5.77. The van der Waals surface area contributed by atoms with E-state index < -0.39 is 4.92 Å². The van der Waals surface area contributed by atoms with E-state index in [4.69, 9.17) is 4.42 Å². The van der Waals surface area contributed by atoms with Crippen LogP contribution in [0.3, 0.4) is 0 Å². The Bertz CT molecular complexity index is 695. The van der Waals surface area contributed by atoms with Crippen LogP contribution in [0, 0.1) is 10.1 Å². The van der Waals surface area contributed by atoms with Crippen molar-refractivity contribution >= 4 is 11.8 Å². The molecule has 2 N–H and O–H groups in total. The highest BCUT2D eigenvalue weighted by molar-refractivity contribution is 7.98. The summed E-state index contributed by atoms with van der Waals surface area (Å²) in [4.78, 5) is 12.4. The van der Waals surface area contributed by atoms with Gasteiger partial charge in [0.25, 0.3) is 6.20 Å². The maximum absolute atomic E-state index is 10.8. The zero-order valence-corrected chi connectivity index (χ0v) is 16.8. The minimum absolute atomic E-state index is 0.438. The fraction of sp³-hybridized carbons (Fsp3) is 0.474. The van der Waals surface area contributed by atoms with Gasteiger partial charge in [0.05, 0.1) is 17.2 Å². The third-order valence-electron chi connectivity index (χ3n) is 3.83. The SMILES string of the molecule is CN(C)Cc1ccc(CSCCNC(=C[N+](=O)[O-])NCC2=CCC=CC2)o1. The van der Waals surface area contributed by atoms with Crippen LogP contribution in [-0.2, 0) is 12.3 Å². The van der Waals surface area contributed by atoms with Crippen LogP contribution in [0.25, 0.3) is 0 Å². The molecule has 0 fully saturated rings. The van der Waals surface area contributed by atoms with Crippen LogP contribution >= 0.6 is 11.8 Å². The molecule has 1 aliphatic rings. The molecule has 0 amide bonds. The van der Waals surface area contributed by atoms with Gasteiger partial charge in [0.15, 0.2) is 5.82 Å². The predicted octanol–water partition coefficient (Wildman–Crippen LogP) is 3.11. The van der Waals surface area contributed by atoms with Crippen LogP contribution in [0.4, 0.5) is 0 Å². The Morgan fingerprint density at radius 3 is 2.85 bits per heavy atom. The number of thioether (sulfide) groups is 1. The fourth-order valence-corrected chi connectivity index (χ4v) is 3.34. The quantitative estimate of drug-likeness (QED) is 0.245. The highest BCUT2D eigenvalue weighted by atomic mass is 32.2. The molecule has 0 radical (unpaired) electrons. The summed E-state index contributed by atoms with van der Waals surface area (Å²) in [6.07, 6.45) is 9.21. The number of nitrogens with one attached hydrogen (secondary N) is 2. The molecule has 148 valence electrons. The lowest BCUT2D eigenvalue weighted by Gasteiger charge is -2.14. The third kappa shape index (κ3) is 8.83. The first-order valence-corrected chi connectivity index (χ1v) is 10.1. The van der Waals surface area contributed by atoms with Gasteiger partial charge in [-0.25, -0.2) is 0 Å². The van der Waals surface area contributed by atoms with Crippen molar-refractivity contribution in [2.75, 3.05) is 32.9 Å². The topological polar surface area (TPSA) is 83.6 Å². The van der Waals surface area contributed by atoms with Gasteiger partial charge in [-0.1, -0.05) is 23.8 Å². The highest BCUT2D eigenvalue weighted by Crippen LogP contribution is 2.16. The van der Waals surface area contributed by atoms with Crippen LogP contribution in [0.15, 0.2) is 52.4 Å². The average molecular weight is 393 g/mol. The van der Waals surface area contributed by atoms with Gasteiger partial charge in [-0.15, -0.1) is 0 Å². The van der Waals surface area contributed by atoms with Crippen LogP contribution < -0.4 is 10.6 Å². The summed E-state index contributed by atoms with van der Waals surface area (Å²) in [6.45, 7) is 2.05. The smallest absolute Gasteiger partial charge is 0.274 e. The summed E-state index contributed by atoms with van der Waals surface area (Å²) in [5, 5.41) is 17.1. The second kappa shape index (κ2) is 11.5. The Kier molecular flexibility index (Phi) is 9.00. The molecule has 2 rings (SSSR count). The zero-order valence-electron chi connectivity index (χ0n) is 15.9. The van der Waals surface area contributed by atoms with Crippen LogP contribution in [-0.4, -0.2) is 42.8 Å². The molecule has 1 aliphatic carbocycles. The van der Waals surface area contributed by atoms with E-state index >= 15 is 0 Å². The summed E-state index contributed by atoms with van der Waals surface area (Å²) >= 11 is 1.73. The normalized spacial score (nSPS) is 14.3. The van der Waals surface area contributed by atoms with Crippen molar-refractivity contribution in [2.45, 2.75) is 25.1 Å². The molecule has 0 atom stereocenters. The Labute approximate surface area is 164 Å². The van der Waals surface area contributed by atoms with E-state index in [1.807, 2.05) is 26.2 Å². The first-order chi connectivity index (χ1) is 13.0. The van der Waals surface area contributed by atoms with Gasteiger partial charge in [-0.3, -0.25) is 10.1 Å². The first-order valence-electron chi connectivity index (χ1n) is 8.99. The number of hydrogen-bond acceptors (Lipinski definition) is 7. The van der Waals surface area contributed by atoms with Gasteiger partial charge in [0, 0.05) is 18.8 Å². The van der Waals surface area contributed by atoms with E-state index in [0.29, 0.717) is 18.9 Å². The molecule has 0 spiro atoms. The molecular weight excluding hydrogens is 364 g/mol. The lowest BCUT2D eigenvalue weighted by Crippen LogP contribution is -2.30. The average Bonchev–Trinajstić information content (AvgIpc) is 3.06. The van der Waals surface area contributed by atoms with Crippen molar-refractivity contribution < 1.29 is 9.34 Å². The predicted molar refractivity (Wildman–Crippen MR) is 110 cm³/mol. The van der Waals surface area contributed by atoms with Crippen molar-refractivity contribution in [3.63, 3.8) is 0 Å². The van der Waals surface area contributed by atoms with Crippen LogP contribution in [0.2, 0.25) is 0 Å². The summed E-state index contributed by atoms with van der Waals surface area (Å²) in [7, 11) is 4.02. The van der Waals surface area contributed by atoms with E-state index in [2.05, 4.69) is 33.8 Å². The Morgan fingerprint density at radius 1 is 1.33 bits per heavy atom. The van der Waals surface area contributed by atoms with Crippen molar-refractivity contribution in [2.24, 2.45) is 0 Å². The van der Waals surface area contributed by atoms with E-state index in [0.717, 1.165) is 48.6 Å². The molecule has 0 saturated carbocycles. The van der Waals surface area contributed by atoms with Crippen molar-refractivity contribution in [3.05, 3.63) is 69.6 Å². The summed E-state index contributed by atoms with van der Waals surface area (Å²) in [6, 6.07) is 4.01. The molecule has 0 bridgehead atoms. The molecule has 1 aromatic heterocycles. The number of allylic oxidation sites excluding steroid dienone is 3. The van der Waals surface area contributed by atoms with Gasteiger partial charge >= 0.3 is 0 Å². The molecule has 0 saturated heterocycles. The maximum atomic E-state index is 10.8. The van der Waals surface area contributed by atoms with Gasteiger partial charge in [-0.05, 0) is 39.1 Å². The maximum Gasteiger partial charge on any atom is 0.274 e. The number of rotatable bonds is 12. The van der Waals surface area contributed by atoms with Crippen molar-refractivity contribution in [1.29, 1.82) is 0 Å². The minimum Gasteiger partial charge on any atom is -0.464 e. The van der Waals surface area contributed by atoms with Crippen LogP contribution in [0.1, 0.15) is 24.4 Å². The number of nitrogens with zero attached hydrogens (tertiary/aromatic N) is 2. The fourth-order valence-electron chi connectivity index (χ4n) is 2.59. The molecule has 0 unspecified atom stereocenters. The summed E-state index contributed by atoms with van der Waals surface area (Å²) in [5.41, 5.74) is 1.24. The van der Waals surface area contributed by atoms with Crippen LogP contribution in [0.5, 0.6) is 0 Å². The zero-order chi connectivity index (χ0) is 19.5. The molecule has 0 aromatic carbocycles. The second-order valence-corrected chi connectivity index (χ2v) is 7.65. The number of hydrogen-bond donors (Lipinski definition) is 2. The van der Waals surface area contributed by atoms with E-state index in [-0.39, 0.29) is 0 Å². The van der Waals surface area contributed by atoms with Gasteiger partial charge in [0.1, 0.15) is 11.5 Å². The standard InChI is InChI=1S/C19H28N4O3S/c1-22(2)13-17-8-9-18(26-17)15-27-11-10-20-19(14-23(24)25)21-12-16-6-4-3-5-7-16/h3-4,7-9,14,20-21H,5-6,10-13,15H2,1-2H3. The molecule has 27 heavy (non-hydrogen) atoms. The molecule has 0 aliphatic heterocycles. The molecule has 1 heterocycles. The first kappa shape index (κ1) is 21.1. The third-order valence-corrected chi connectivity index (χ3v) is 4.81. The molecule has 8 heteroatoms.